The van der Waals surface area contributed by atoms with Gasteiger partial charge in [-0.1, -0.05) is 22.0 Å². The number of rotatable bonds is 3. The average Bonchev–Trinajstić information content (AvgIpc) is 2.43. The largest absolute Gasteiger partial charge is 0.399 e. The van der Waals surface area contributed by atoms with Crippen molar-refractivity contribution in [2.45, 2.75) is 11.8 Å². The summed E-state index contributed by atoms with van der Waals surface area (Å²) in [6, 6.07) is 11.3. The summed E-state index contributed by atoms with van der Waals surface area (Å²) >= 11 is 3.24. The van der Waals surface area contributed by atoms with Crippen molar-refractivity contribution >= 4 is 37.3 Å². The summed E-state index contributed by atoms with van der Waals surface area (Å²) in [5.41, 5.74) is 7.03. The molecule has 0 aliphatic heterocycles. The average molecular weight is 366 g/mol. The van der Waals surface area contributed by atoms with Gasteiger partial charge in [0.05, 0.1) is 16.1 Å². The molecule has 0 aromatic heterocycles. The molecule has 2 rings (SSSR count). The number of nitrogens with one attached hydrogen (secondary N) is 1. The van der Waals surface area contributed by atoms with Crippen molar-refractivity contribution in [3.05, 3.63) is 52.0 Å². The molecule has 0 atom stereocenters. The second kappa shape index (κ2) is 5.76. The van der Waals surface area contributed by atoms with Crippen molar-refractivity contribution < 1.29 is 8.42 Å². The third-order valence-electron chi connectivity index (χ3n) is 2.85. The third-order valence-corrected chi connectivity index (χ3v) is 4.85. The third kappa shape index (κ3) is 3.35. The number of nitrogen functional groups attached to an aromatic ring is 1. The highest BCUT2D eigenvalue weighted by Gasteiger charge is 2.18. The van der Waals surface area contributed by atoms with E-state index in [1.807, 2.05) is 6.07 Å². The predicted molar refractivity (Wildman–Crippen MR) is 85.3 cm³/mol. The Labute approximate surface area is 131 Å². The van der Waals surface area contributed by atoms with Crippen LogP contribution in [0.15, 0.2) is 45.8 Å². The molecular weight excluding hydrogens is 354 g/mol. The monoisotopic (exact) mass is 365 g/mol. The van der Waals surface area contributed by atoms with Crippen LogP contribution >= 0.6 is 15.9 Å². The fourth-order valence-electron chi connectivity index (χ4n) is 1.80. The lowest BCUT2D eigenvalue weighted by Gasteiger charge is -2.12. The van der Waals surface area contributed by atoms with Gasteiger partial charge in [-0.25, -0.2) is 8.42 Å². The molecule has 2 aromatic carbocycles. The number of benzene rings is 2. The lowest BCUT2D eigenvalue weighted by molar-refractivity contribution is 0.600. The summed E-state index contributed by atoms with van der Waals surface area (Å²) in [4.78, 5) is 0.0920. The van der Waals surface area contributed by atoms with Crippen LogP contribution in [-0.2, 0) is 10.0 Å². The maximum atomic E-state index is 12.4. The zero-order valence-electron chi connectivity index (χ0n) is 11.1. The van der Waals surface area contributed by atoms with Gasteiger partial charge in [0.25, 0.3) is 10.0 Å². The number of halogens is 1. The van der Waals surface area contributed by atoms with Gasteiger partial charge in [-0.05, 0) is 42.8 Å². The normalized spacial score (nSPS) is 10.9. The lowest BCUT2D eigenvalue weighted by atomic mass is 10.2. The quantitative estimate of drug-likeness (QED) is 0.817. The summed E-state index contributed by atoms with van der Waals surface area (Å²) in [6.45, 7) is 1.68. The van der Waals surface area contributed by atoms with Gasteiger partial charge in [0.1, 0.15) is 6.07 Å². The first-order chi connectivity index (χ1) is 9.83. The zero-order chi connectivity index (χ0) is 15.6. The Hall–Kier alpha value is -2.04. The SMILES string of the molecule is Cc1ccc(N)cc1S(=O)(=O)Nc1ccc(Br)cc1C#N. The molecule has 0 aliphatic rings. The minimum Gasteiger partial charge on any atom is -0.399 e. The molecule has 0 saturated heterocycles. The van der Waals surface area contributed by atoms with Crippen LogP contribution in [0.1, 0.15) is 11.1 Å². The minimum atomic E-state index is -3.81. The van der Waals surface area contributed by atoms with E-state index in [0.29, 0.717) is 15.7 Å². The van der Waals surface area contributed by atoms with Gasteiger partial charge in [-0.2, -0.15) is 5.26 Å². The van der Waals surface area contributed by atoms with Crippen LogP contribution in [0, 0.1) is 18.3 Å². The number of nitrogens with two attached hydrogens (primary N) is 1. The summed E-state index contributed by atoms with van der Waals surface area (Å²) in [5, 5.41) is 9.08. The van der Waals surface area contributed by atoms with Gasteiger partial charge in [-0.15, -0.1) is 0 Å². The van der Waals surface area contributed by atoms with Crippen molar-refractivity contribution in [2.24, 2.45) is 0 Å². The molecule has 0 bridgehead atoms. The maximum Gasteiger partial charge on any atom is 0.262 e. The highest BCUT2D eigenvalue weighted by atomic mass is 79.9. The van der Waals surface area contributed by atoms with Crippen molar-refractivity contribution in [3.63, 3.8) is 0 Å². The first-order valence-corrected chi connectivity index (χ1v) is 8.20. The number of aryl methyl sites for hydroxylation is 1. The Balaban J connectivity index is 2.48. The summed E-state index contributed by atoms with van der Waals surface area (Å²) in [6.07, 6.45) is 0. The van der Waals surface area contributed by atoms with E-state index in [-0.39, 0.29) is 16.1 Å². The van der Waals surface area contributed by atoms with E-state index in [1.54, 1.807) is 31.2 Å². The van der Waals surface area contributed by atoms with Crippen LogP contribution < -0.4 is 10.5 Å². The van der Waals surface area contributed by atoms with E-state index in [2.05, 4.69) is 20.7 Å². The number of nitrogens with zero attached hydrogens (tertiary/aromatic N) is 1. The molecule has 0 spiro atoms. The molecule has 7 heteroatoms. The van der Waals surface area contributed by atoms with E-state index in [1.165, 1.54) is 12.1 Å². The molecule has 3 N–H and O–H groups in total. The fraction of sp³-hybridized carbons (Fsp3) is 0.0714. The smallest absolute Gasteiger partial charge is 0.262 e. The van der Waals surface area contributed by atoms with Gasteiger partial charge in [-0.3, -0.25) is 4.72 Å². The standard InChI is InChI=1S/C14H12BrN3O2S/c1-9-2-4-12(17)7-14(9)21(19,20)18-13-5-3-11(15)6-10(13)8-16/h2-7,18H,17H2,1H3. The lowest BCUT2D eigenvalue weighted by Crippen LogP contribution is -2.15. The summed E-state index contributed by atoms with van der Waals surface area (Å²) < 4.78 is 28.0. The number of hydrogen-bond acceptors (Lipinski definition) is 4. The van der Waals surface area contributed by atoms with E-state index in [9.17, 15) is 8.42 Å². The van der Waals surface area contributed by atoms with Crippen molar-refractivity contribution in [3.8, 4) is 6.07 Å². The first kappa shape index (κ1) is 15.4. The molecule has 0 aliphatic carbocycles. The molecule has 0 radical (unpaired) electrons. The molecule has 0 unspecified atom stereocenters. The maximum absolute atomic E-state index is 12.4. The molecule has 5 nitrogen and oxygen atoms in total. The molecule has 2 aromatic rings. The number of nitriles is 1. The van der Waals surface area contributed by atoms with Gasteiger partial charge >= 0.3 is 0 Å². The first-order valence-electron chi connectivity index (χ1n) is 5.92. The van der Waals surface area contributed by atoms with Crippen LogP contribution in [0.2, 0.25) is 0 Å². The van der Waals surface area contributed by atoms with E-state index in [0.717, 1.165) is 0 Å². The minimum absolute atomic E-state index is 0.0920. The van der Waals surface area contributed by atoms with Crippen molar-refractivity contribution in [1.29, 1.82) is 5.26 Å². The zero-order valence-corrected chi connectivity index (χ0v) is 13.5. The van der Waals surface area contributed by atoms with Crippen LogP contribution in [0.3, 0.4) is 0 Å². The Bertz CT molecular complexity index is 842. The molecule has 0 saturated carbocycles. The van der Waals surface area contributed by atoms with Gasteiger partial charge in [0, 0.05) is 10.2 Å². The van der Waals surface area contributed by atoms with Gasteiger partial charge in [0.15, 0.2) is 0 Å². The Morgan fingerprint density at radius 1 is 1.24 bits per heavy atom. The van der Waals surface area contributed by atoms with Crippen molar-refractivity contribution in [1.82, 2.24) is 0 Å². The summed E-state index contributed by atoms with van der Waals surface area (Å²) in [5.74, 6) is 0. The van der Waals surface area contributed by atoms with Crippen LogP contribution in [0.4, 0.5) is 11.4 Å². The molecular formula is C14H12BrN3O2S. The molecule has 0 fully saturated rings. The number of hydrogen-bond donors (Lipinski definition) is 2. The van der Waals surface area contributed by atoms with E-state index < -0.39 is 10.0 Å². The van der Waals surface area contributed by atoms with Crippen LogP contribution in [0.25, 0.3) is 0 Å². The Morgan fingerprint density at radius 3 is 2.62 bits per heavy atom. The Morgan fingerprint density at radius 2 is 1.95 bits per heavy atom. The van der Waals surface area contributed by atoms with Gasteiger partial charge < -0.3 is 5.73 Å². The van der Waals surface area contributed by atoms with Crippen LogP contribution in [-0.4, -0.2) is 8.42 Å². The Kier molecular flexibility index (Phi) is 4.21. The predicted octanol–water partition coefficient (Wildman–Crippen LogP) is 3.01. The number of anilines is 2. The molecule has 0 heterocycles. The van der Waals surface area contributed by atoms with Gasteiger partial charge in [0.2, 0.25) is 0 Å². The van der Waals surface area contributed by atoms with E-state index in [4.69, 9.17) is 11.0 Å². The molecule has 108 valence electrons. The molecule has 0 amide bonds. The van der Waals surface area contributed by atoms with Crippen molar-refractivity contribution in [2.75, 3.05) is 10.5 Å². The van der Waals surface area contributed by atoms with Crippen LogP contribution in [0.5, 0.6) is 0 Å². The fourth-order valence-corrected chi connectivity index (χ4v) is 3.53. The topological polar surface area (TPSA) is 96.0 Å². The highest BCUT2D eigenvalue weighted by molar-refractivity contribution is 9.10. The van der Waals surface area contributed by atoms with E-state index >= 15 is 0 Å². The highest BCUT2D eigenvalue weighted by Crippen LogP contribution is 2.25. The molecule has 21 heavy (non-hydrogen) atoms. The second-order valence-electron chi connectivity index (χ2n) is 4.43. The summed E-state index contributed by atoms with van der Waals surface area (Å²) in [7, 11) is -3.81. The second-order valence-corrected chi connectivity index (χ2v) is 7.00. The number of sulfonamides is 1.